The maximum Gasteiger partial charge on any atom is 0.449 e. The molecular formula is C106H90F9N3O10. The standard InChI is InChI=1S/C36H30F3NO4.C36H32F3NO3.C34H28F3NO3/c1-23-10-13-27-6-3-4-9-31(27)33(23)34(42)40(20-30-16-17-32(44-30)36(37,38)39)19-25-11-14-26(15-12-25)28-7-5-8-29(18-28)35(24(2)41)21-43-22-35;1-4-31(24(3)41)29-10-7-9-28(20-29)26-16-13-25(14-17-26)21-40(22-30-18-19-33(43-30)36(37,38)39)35(42)34-23(2)12-15-27-8-5-6-11-32(27)34;1-22-10-13-27-7-3-4-9-30(27)32(22)33(40)38(21-29-16-17-31(41-29)34(35,36)37)20-24-11-14-26(15-12-24)28-8-5-6-25(19-28)18-23(2)39/h3-18,41H,2,19-22H2,1H3;5-20,31,41H,3-4,21-22H2,1-2H3;3-17,19,39H,2,18,20-21H2,1H3. The molecule has 1 aliphatic rings. The highest BCUT2D eigenvalue weighted by Crippen LogP contribution is 2.42. The van der Waals surface area contributed by atoms with Crippen molar-refractivity contribution < 1.29 is 87.2 Å². The minimum absolute atomic E-state index is 0.0383. The maximum absolute atomic E-state index is 14.1. The monoisotopic (exact) mass is 1740 g/mol. The number of nitrogens with zero attached hydrogens (tertiary/aromatic N) is 3. The van der Waals surface area contributed by atoms with E-state index in [1.54, 1.807) is 0 Å². The van der Waals surface area contributed by atoms with Gasteiger partial charge in [-0.15, -0.1) is 0 Å². The molecule has 652 valence electrons. The van der Waals surface area contributed by atoms with Crippen LogP contribution >= 0.6 is 0 Å². The fraction of sp³-hybridized carbons (Fsp3) is 0.179. The van der Waals surface area contributed by atoms with Gasteiger partial charge < -0.3 is 48.0 Å². The molecule has 3 aromatic heterocycles. The topological polar surface area (TPSA) is 170 Å². The van der Waals surface area contributed by atoms with Crippen molar-refractivity contribution in [3.63, 3.8) is 0 Å². The third kappa shape index (κ3) is 20.7. The van der Waals surface area contributed by atoms with Crippen LogP contribution in [0, 0.1) is 20.8 Å². The van der Waals surface area contributed by atoms with E-state index in [9.17, 15) is 69.2 Å². The van der Waals surface area contributed by atoms with Crippen LogP contribution in [0.3, 0.4) is 0 Å². The molecule has 128 heavy (non-hydrogen) atoms. The first-order chi connectivity index (χ1) is 61.2. The SMILES string of the molecule is C=C(O)C(CC)c1cccc(-c2ccc(CN(Cc3ccc(C(F)(F)F)o3)C(=O)c3c(C)ccc4ccccc34)cc2)c1.C=C(O)C1(c2cccc(-c3ccc(CN(Cc4ccc(C(F)(F)F)o4)C(=O)c4c(C)ccc5ccccc45)cc3)c2)COC1.C=C(O)Cc1cccc(-c2ccc(CN(Cc3ccc(C(F)(F)F)o3)C(=O)c3c(C)ccc4ccccc34)cc2)c1. The molecule has 1 saturated heterocycles. The van der Waals surface area contributed by atoms with Crippen LogP contribution in [-0.2, 0) is 74.4 Å². The second-order valence-electron chi connectivity index (χ2n) is 31.9. The van der Waals surface area contributed by atoms with Gasteiger partial charge in [0.2, 0.25) is 17.3 Å². The van der Waals surface area contributed by atoms with Crippen molar-refractivity contribution in [1.29, 1.82) is 0 Å². The molecule has 0 spiro atoms. The quantitative estimate of drug-likeness (QED) is 0.0370. The number of allylic oxidation sites excluding steroid dienone is 2. The highest BCUT2D eigenvalue weighted by atomic mass is 19.4. The Balaban J connectivity index is 0.000000155. The van der Waals surface area contributed by atoms with Gasteiger partial charge >= 0.3 is 18.5 Å². The number of ether oxygens (including phenoxy) is 1. The lowest BCUT2D eigenvalue weighted by Crippen LogP contribution is -2.48. The molecule has 3 amide bonds. The Bertz CT molecular complexity index is 6590. The number of aliphatic hydroxyl groups excluding tert-OH is 3. The van der Waals surface area contributed by atoms with E-state index in [2.05, 4.69) is 19.7 Å². The molecule has 1 unspecified atom stereocenters. The van der Waals surface area contributed by atoms with Gasteiger partial charge in [-0.25, -0.2) is 0 Å². The van der Waals surface area contributed by atoms with Crippen LogP contribution < -0.4 is 0 Å². The van der Waals surface area contributed by atoms with Gasteiger partial charge in [-0.1, -0.05) is 275 Å². The van der Waals surface area contributed by atoms with Gasteiger partial charge in [-0.05, 0) is 185 Å². The second kappa shape index (κ2) is 38.2. The summed E-state index contributed by atoms with van der Waals surface area (Å²) in [4.78, 5) is 46.8. The molecule has 0 bridgehead atoms. The Morgan fingerprint density at radius 2 is 0.719 bits per heavy atom. The first-order valence-electron chi connectivity index (χ1n) is 41.3. The fourth-order valence-electron chi connectivity index (χ4n) is 16.0. The fourth-order valence-corrected chi connectivity index (χ4v) is 16.0. The summed E-state index contributed by atoms with van der Waals surface area (Å²) in [5.41, 5.74) is 14.1. The Hall–Kier alpha value is -14.4. The third-order valence-corrected chi connectivity index (χ3v) is 22.9. The predicted molar refractivity (Wildman–Crippen MR) is 478 cm³/mol. The van der Waals surface area contributed by atoms with Crippen LogP contribution in [-0.4, -0.2) is 61.0 Å². The van der Waals surface area contributed by atoms with Crippen molar-refractivity contribution in [2.45, 2.75) is 110 Å². The van der Waals surface area contributed by atoms with E-state index in [0.29, 0.717) is 36.3 Å². The highest BCUT2D eigenvalue weighted by Gasteiger charge is 2.44. The molecule has 4 heterocycles. The number of carbonyl (C=O) groups excluding carboxylic acids is 3. The van der Waals surface area contributed by atoms with Gasteiger partial charge in [0.15, 0.2) is 0 Å². The summed E-state index contributed by atoms with van der Waals surface area (Å²) in [6.07, 6.45) is -12.8. The third-order valence-electron chi connectivity index (χ3n) is 22.9. The van der Waals surface area contributed by atoms with Crippen LogP contribution in [0.4, 0.5) is 39.5 Å². The number of hydrogen-bond acceptors (Lipinski definition) is 10. The van der Waals surface area contributed by atoms with Crippen LogP contribution in [0.5, 0.6) is 0 Å². The average Bonchev–Trinajstić information content (AvgIpc) is 1.09. The Kier molecular flexibility index (Phi) is 26.8. The largest absolute Gasteiger partial charge is 0.513 e. The number of alkyl halides is 9. The zero-order valence-corrected chi connectivity index (χ0v) is 70.4. The lowest BCUT2D eigenvalue weighted by molar-refractivity contribution is -0.154. The van der Waals surface area contributed by atoms with Crippen molar-refractivity contribution in [1.82, 2.24) is 14.7 Å². The van der Waals surface area contributed by atoms with Crippen molar-refractivity contribution in [3.05, 3.63) is 430 Å². The Labute approximate surface area is 733 Å². The van der Waals surface area contributed by atoms with Gasteiger partial charge in [0.25, 0.3) is 17.7 Å². The molecule has 0 saturated carbocycles. The molecule has 1 atom stereocenters. The zero-order chi connectivity index (χ0) is 90.9. The van der Waals surface area contributed by atoms with Gasteiger partial charge in [-0.2, -0.15) is 39.5 Å². The zero-order valence-electron chi connectivity index (χ0n) is 70.4. The summed E-state index contributed by atoms with van der Waals surface area (Å²) >= 11 is 0. The number of carbonyl (C=O) groups is 3. The number of furan rings is 3. The number of amides is 3. The van der Waals surface area contributed by atoms with E-state index in [-0.39, 0.29) is 97.5 Å². The van der Waals surface area contributed by atoms with Gasteiger partial charge in [0.1, 0.15) is 23.0 Å². The molecule has 0 radical (unpaired) electrons. The van der Waals surface area contributed by atoms with Gasteiger partial charge in [0, 0.05) is 32.0 Å². The number of rotatable bonds is 25. The summed E-state index contributed by atoms with van der Waals surface area (Å²) in [6, 6.07) is 87.1. The summed E-state index contributed by atoms with van der Waals surface area (Å²) in [5, 5.41) is 34.8. The number of fused-ring (bicyclic) bond motifs is 3. The van der Waals surface area contributed by atoms with Crippen LogP contribution in [0.1, 0.15) is 135 Å². The summed E-state index contributed by atoms with van der Waals surface area (Å²) in [5.74, 6) is -3.96. The molecule has 16 rings (SSSR count). The number of benzene rings is 12. The van der Waals surface area contributed by atoms with E-state index in [1.807, 2.05) is 282 Å². The van der Waals surface area contributed by atoms with E-state index >= 15 is 0 Å². The molecule has 22 heteroatoms. The second-order valence-corrected chi connectivity index (χ2v) is 31.9. The van der Waals surface area contributed by atoms with E-state index in [1.165, 1.54) is 32.9 Å². The highest BCUT2D eigenvalue weighted by molar-refractivity contribution is 6.10. The number of hydrogen-bond donors (Lipinski definition) is 3. The van der Waals surface area contributed by atoms with E-state index in [0.717, 1.165) is 140 Å². The lowest BCUT2D eigenvalue weighted by Gasteiger charge is -2.41. The van der Waals surface area contributed by atoms with Crippen molar-refractivity contribution in [2.24, 2.45) is 0 Å². The molecule has 3 N–H and O–H groups in total. The minimum Gasteiger partial charge on any atom is -0.513 e. The van der Waals surface area contributed by atoms with Crippen molar-refractivity contribution in [3.8, 4) is 33.4 Å². The number of aliphatic hydroxyl groups is 3. The summed E-state index contributed by atoms with van der Waals surface area (Å²) < 4.78 is 140. The molecule has 13 nitrogen and oxygen atoms in total. The van der Waals surface area contributed by atoms with Gasteiger partial charge in [0.05, 0.1) is 66.5 Å². The molecule has 1 fully saturated rings. The number of halogens is 9. The lowest BCUT2D eigenvalue weighted by atomic mass is 9.76. The predicted octanol–water partition coefficient (Wildman–Crippen LogP) is 27.3. The smallest absolute Gasteiger partial charge is 0.449 e. The van der Waals surface area contributed by atoms with Crippen LogP contribution in [0.25, 0.3) is 65.7 Å². The molecular weight excluding hydrogens is 1650 g/mol. The number of aryl methyl sites for hydroxylation is 3. The molecule has 1 aliphatic heterocycles. The first kappa shape index (κ1) is 89.9. The summed E-state index contributed by atoms with van der Waals surface area (Å²) in [6.45, 7) is 19.3. The maximum atomic E-state index is 14.1. The van der Waals surface area contributed by atoms with Crippen LogP contribution in [0.2, 0.25) is 0 Å². The normalized spacial score (nSPS) is 12.7. The van der Waals surface area contributed by atoms with Crippen LogP contribution in [0.15, 0.2) is 341 Å². The van der Waals surface area contributed by atoms with Gasteiger partial charge in [-0.3, -0.25) is 14.4 Å². The molecule has 12 aromatic carbocycles. The van der Waals surface area contributed by atoms with E-state index in [4.69, 9.17) is 18.0 Å². The van der Waals surface area contributed by atoms with Crippen molar-refractivity contribution >= 4 is 50.0 Å². The average molecular weight is 1740 g/mol. The van der Waals surface area contributed by atoms with Crippen molar-refractivity contribution in [2.75, 3.05) is 13.2 Å². The minimum atomic E-state index is -4.62. The Morgan fingerprint density at radius 1 is 0.375 bits per heavy atom. The first-order valence-corrected chi connectivity index (χ1v) is 41.3. The van der Waals surface area contributed by atoms with E-state index < -0.39 is 41.2 Å². The Morgan fingerprint density at radius 3 is 1.04 bits per heavy atom. The molecule has 0 aliphatic carbocycles. The summed E-state index contributed by atoms with van der Waals surface area (Å²) in [7, 11) is 0. The molecule has 15 aromatic rings.